The van der Waals surface area contributed by atoms with Crippen LogP contribution in [0.4, 0.5) is 10.1 Å². The Kier molecular flexibility index (Phi) is 4.52. The second-order valence-electron chi connectivity index (χ2n) is 6.24. The molecular formula is C20H17FN4O3. The first-order valence-electron chi connectivity index (χ1n) is 8.66. The second-order valence-corrected chi connectivity index (χ2v) is 6.24. The van der Waals surface area contributed by atoms with E-state index < -0.39 is 5.82 Å². The van der Waals surface area contributed by atoms with Gasteiger partial charge in [-0.25, -0.2) is 9.37 Å². The van der Waals surface area contributed by atoms with Crippen molar-refractivity contribution in [1.29, 1.82) is 0 Å². The number of halogens is 1. The van der Waals surface area contributed by atoms with Crippen LogP contribution in [0.5, 0.6) is 5.88 Å². The summed E-state index contributed by atoms with van der Waals surface area (Å²) >= 11 is 0. The quantitative estimate of drug-likeness (QED) is 0.578. The Morgan fingerprint density at radius 3 is 2.86 bits per heavy atom. The van der Waals surface area contributed by atoms with E-state index in [1.807, 2.05) is 0 Å². The topological polar surface area (TPSA) is 77.6 Å². The van der Waals surface area contributed by atoms with Crippen molar-refractivity contribution in [2.75, 3.05) is 12.4 Å². The fourth-order valence-corrected chi connectivity index (χ4v) is 3.19. The van der Waals surface area contributed by atoms with E-state index in [9.17, 15) is 14.0 Å². The van der Waals surface area contributed by atoms with Crippen molar-refractivity contribution in [3.8, 4) is 5.88 Å². The first kappa shape index (κ1) is 17.7. The highest BCUT2D eigenvalue weighted by Crippen LogP contribution is 2.18. The van der Waals surface area contributed by atoms with Crippen LogP contribution in [0.3, 0.4) is 0 Å². The van der Waals surface area contributed by atoms with Gasteiger partial charge >= 0.3 is 0 Å². The summed E-state index contributed by atoms with van der Waals surface area (Å²) < 4.78 is 22.0. The number of carbonyl (C=O) groups is 1. The highest BCUT2D eigenvalue weighted by Gasteiger charge is 2.13. The number of methoxy groups -OCH3 is 1. The van der Waals surface area contributed by atoms with Gasteiger partial charge in [-0.1, -0.05) is 0 Å². The predicted molar refractivity (Wildman–Crippen MR) is 103 cm³/mol. The molecule has 3 aromatic heterocycles. The fourth-order valence-electron chi connectivity index (χ4n) is 3.19. The molecule has 4 rings (SSSR count). The third kappa shape index (κ3) is 3.20. The van der Waals surface area contributed by atoms with Gasteiger partial charge in [-0.05, 0) is 36.4 Å². The van der Waals surface area contributed by atoms with Gasteiger partial charge in [0.1, 0.15) is 11.3 Å². The van der Waals surface area contributed by atoms with Gasteiger partial charge in [-0.15, -0.1) is 0 Å². The lowest BCUT2D eigenvalue weighted by Crippen LogP contribution is -2.25. The van der Waals surface area contributed by atoms with E-state index in [1.165, 1.54) is 30.0 Å². The first-order valence-corrected chi connectivity index (χ1v) is 8.66. The third-order valence-corrected chi connectivity index (χ3v) is 4.49. The molecule has 0 spiro atoms. The normalized spacial score (nSPS) is 11.1. The molecule has 0 radical (unpaired) electrons. The number of pyridine rings is 1. The van der Waals surface area contributed by atoms with E-state index in [1.54, 1.807) is 40.9 Å². The SMILES string of the molecule is COc1cc(NC(=O)CCn2c(=O)c3cccn3c3ccc(F)cc32)ccn1. The lowest BCUT2D eigenvalue weighted by Gasteiger charge is -2.13. The average molecular weight is 380 g/mol. The van der Waals surface area contributed by atoms with Crippen molar-refractivity contribution < 1.29 is 13.9 Å². The molecule has 0 bridgehead atoms. The lowest BCUT2D eigenvalue weighted by atomic mass is 10.2. The maximum Gasteiger partial charge on any atom is 0.275 e. The van der Waals surface area contributed by atoms with Crippen LogP contribution < -0.4 is 15.6 Å². The van der Waals surface area contributed by atoms with Crippen molar-refractivity contribution in [2.24, 2.45) is 0 Å². The number of benzene rings is 1. The fraction of sp³-hybridized carbons (Fsp3) is 0.150. The first-order chi connectivity index (χ1) is 13.6. The number of hydrogen-bond acceptors (Lipinski definition) is 4. The zero-order valence-corrected chi connectivity index (χ0v) is 15.1. The number of hydrogen-bond donors (Lipinski definition) is 1. The number of amides is 1. The minimum Gasteiger partial charge on any atom is -0.481 e. The van der Waals surface area contributed by atoms with E-state index in [2.05, 4.69) is 10.3 Å². The zero-order chi connectivity index (χ0) is 19.7. The summed E-state index contributed by atoms with van der Waals surface area (Å²) in [5.74, 6) is -0.338. The number of aromatic nitrogens is 3. The van der Waals surface area contributed by atoms with Gasteiger partial charge in [0.25, 0.3) is 5.56 Å². The molecule has 0 aliphatic carbocycles. The number of aryl methyl sites for hydroxylation is 1. The summed E-state index contributed by atoms with van der Waals surface area (Å²) in [6, 6.07) is 11.0. The Bertz CT molecular complexity index is 1250. The maximum atomic E-state index is 13.8. The van der Waals surface area contributed by atoms with Gasteiger partial charge in [-0.3, -0.25) is 9.59 Å². The predicted octanol–water partition coefficient (Wildman–Crippen LogP) is 2.83. The molecule has 28 heavy (non-hydrogen) atoms. The molecule has 0 atom stereocenters. The Hall–Kier alpha value is -3.68. The summed E-state index contributed by atoms with van der Waals surface area (Å²) in [6.45, 7) is 0.120. The number of carbonyl (C=O) groups excluding carboxylic acids is 1. The van der Waals surface area contributed by atoms with Gasteiger partial charge in [0.05, 0.1) is 18.1 Å². The van der Waals surface area contributed by atoms with Crippen molar-refractivity contribution in [3.05, 3.63) is 71.0 Å². The molecule has 0 aliphatic heterocycles. The molecule has 8 heteroatoms. The van der Waals surface area contributed by atoms with E-state index in [0.29, 0.717) is 28.1 Å². The Morgan fingerprint density at radius 1 is 1.18 bits per heavy atom. The molecule has 7 nitrogen and oxygen atoms in total. The minimum absolute atomic E-state index is 0.0487. The van der Waals surface area contributed by atoms with Gasteiger partial charge in [0.15, 0.2) is 0 Å². The second kappa shape index (κ2) is 7.15. The largest absolute Gasteiger partial charge is 0.481 e. The molecule has 4 aromatic rings. The molecule has 142 valence electrons. The van der Waals surface area contributed by atoms with Crippen LogP contribution >= 0.6 is 0 Å². The number of rotatable bonds is 5. The molecular weight excluding hydrogens is 363 g/mol. The smallest absolute Gasteiger partial charge is 0.275 e. The number of nitrogens with one attached hydrogen (secondary N) is 1. The van der Waals surface area contributed by atoms with Gasteiger partial charge < -0.3 is 19.0 Å². The van der Waals surface area contributed by atoms with Crippen molar-refractivity contribution >= 4 is 28.1 Å². The van der Waals surface area contributed by atoms with Crippen molar-refractivity contribution in [1.82, 2.24) is 14.0 Å². The lowest BCUT2D eigenvalue weighted by molar-refractivity contribution is -0.116. The summed E-state index contributed by atoms with van der Waals surface area (Å²) in [7, 11) is 1.49. The van der Waals surface area contributed by atoms with E-state index >= 15 is 0 Å². The number of fused-ring (bicyclic) bond motifs is 3. The van der Waals surface area contributed by atoms with Gasteiger partial charge in [0, 0.05) is 37.1 Å². The monoisotopic (exact) mass is 380 g/mol. The number of nitrogens with zero attached hydrogens (tertiary/aromatic N) is 3. The summed E-state index contributed by atoms with van der Waals surface area (Å²) in [4.78, 5) is 29.2. The van der Waals surface area contributed by atoms with Crippen LogP contribution in [0.2, 0.25) is 0 Å². The molecule has 0 unspecified atom stereocenters. The summed E-state index contributed by atoms with van der Waals surface area (Å²) in [5, 5.41) is 2.74. The van der Waals surface area contributed by atoms with Crippen LogP contribution in [0, 0.1) is 5.82 Å². The molecule has 0 aliphatic rings. The standard InChI is InChI=1S/C20H17FN4O3/c1-28-19-12-14(6-8-22-19)23-18(26)7-10-25-17-11-13(21)4-5-15(17)24-9-2-3-16(24)20(25)27/h2-6,8-9,11-12H,7,10H2,1H3,(H,22,23,26). The number of anilines is 1. The molecule has 1 aromatic carbocycles. The minimum atomic E-state index is -0.444. The van der Waals surface area contributed by atoms with E-state index in [-0.39, 0.29) is 24.4 Å². The van der Waals surface area contributed by atoms with Crippen LogP contribution in [0.25, 0.3) is 16.6 Å². The molecule has 1 N–H and O–H groups in total. The van der Waals surface area contributed by atoms with Crippen LogP contribution in [0.15, 0.2) is 59.7 Å². The third-order valence-electron chi connectivity index (χ3n) is 4.49. The van der Waals surface area contributed by atoms with Crippen LogP contribution in [0.1, 0.15) is 6.42 Å². The average Bonchev–Trinajstić information content (AvgIpc) is 3.18. The Balaban J connectivity index is 1.63. The molecule has 3 heterocycles. The summed E-state index contributed by atoms with van der Waals surface area (Å²) in [6.07, 6.45) is 3.33. The zero-order valence-electron chi connectivity index (χ0n) is 15.1. The molecule has 0 fully saturated rings. The summed E-state index contributed by atoms with van der Waals surface area (Å²) in [5.41, 5.74) is 1.87. The van der Waals surface area contributed by atoms with E-state index in [4.69, 9.17) is 4.74 Å². The highest BCUT2D eigenvalue weighted by atomic mass is 19.1. The maximum absolute atomic E-state index is 13.8. The van der Waals surface area contributed by atoms with Gasteiger partial charge in [-0.2, -0.15) is 0 Å². The molecule has 0 saturated heterocycles. The van der Waals surface area contributed by atoms with Crippen molar-refractivity contribution in [3.63, 3.8) is 0 Å². The van der Waals surface area contributed by atoms with E-state index in [0.717, 1.165) is 0 Å². The Morgan fingerprint density at radius 2 is 2.04 bits per heavy atom. The number of ether oxygens (including phenoxy) is 1. The van der Waals surface area contributed by atoms with Gasteiger partial charge in [0.2, 0.25) is 11.8 Å². The highest BCUT2D eigenvalue weighted by molar-refractivity contribution is 5.90. The Labute approximate surface area is 159 Å². The molecule has 1 amide bonds. The molecule has 0 saturated carbocycles. The van der Waals surface area contributed by atoms with Crippen molar-refractivity contribution in [2.45, 2.75) is 13.0 Å². The van der Waals surface area contributed by atoms with Crippen LogP contribution in [-0.2, 0) is 11.3 Å². The van der Waals surface area contributed by atoms with Crippen LogP contribution in [-0.4, -0.2) is 27.0 Å².